The molecule has 28 heavy (non-hydrogen) atoms. The monoisotopic (exact) mass is 440 g/mol. The first kappa shape index (κ1) is 18.2. The standard InChI is InChI=1S/C20H17BrN4O3/c21-14-9-16(22-10-14)20(28)24-23-19(27)13-8-18(26)25(11-13)17-7-3-5-12-4-1-2-6-15(12)17/h1-7,9-10,13,22H,8,11H2,(H,23,27)(H,24,28). The molecule has 2 heterocycles. The molecule has 1 fully saturated rings. The molecule has 3 aromatic rings. The average Bonchev–Trinajstić information content (AvgIpc) is 3.31. The summed E-state index contributed by atoms with van der Waals surface area (Å²) in [6.07, 6.45) is 1.72. The Hall–Kier alpha value is -3.13. The molecule has 8 heteroatoms. The van der Waals surface area contributed by atoms with E-state index < -0.39 is 17.7 Å². The third-order valence-corrected chi connectivity index (χ3v) is 5.20. The minimum absolute atomic E-state index is 0.0962. The summed E-state index contributed by atoms with van der Waals surface area (Å²) in [6.45, 7) is 0.266. The maximum atomic E-state index is 12.5. The van der Waals surface area contributed by atoms with E-state index in [1.807, 2.05) is 42.5 Å². The highest BCUT2D eigenvalue weighted by Crippen LogP contribution is 2.31. The third-order valence-electron chi connectivity index (χ3n) is 4.74. The molecule has 0 spiro atoms. The number of hydrogen-bond donors (Lipinski definition) is 3. The lowest BCUT2D eigenvalue weighted by Gasteiger charge is -2.19. The molecule has 0 aliphatic carbocycles. The van der Waals surface area contributed by atoms with Crippen LogP contribution in [0.5, 0.6) is 0 Å². The van der Waals surface area contributed by atoms with Gasteiger partial charge in [0.1, 0.15) is 5.69 Å². The second kappa shape index (κ2) is 7.47. The summed E-state index contributed by atoms with van der Waals surface area (Å²) in [7, 11) is 0. The van der Waals surface area contributed by atoms with Crippen LogP contribution < -0.4 is 15.8 Å². The van der Waals surface area contributed by atoms with Gasteiger partial charge in [0.05, 0.1) is 11.6 Å². The summed E-state index contributed by atoms with van der Waals surface area (Å²) < 4.78 is 0.732. The van der Waals surface area contributed by atoms with Crippen molar-refractivity contribution in [2.45, 2.75) is 6.42 Å². The number of hydrazine groups is 1. The summed E-state index contributed by atoms with van der Waals surface area (Å²) in [5.41, 5.74) is 5.88. The Labute approximate surface area is 169 Å². The Balaban J connectivity index is 1.44. The number of hydrogen-bond acceptors (Lipinski definition) is 3. The molecule has 1 unspecified atom stereocenters. The number of anilines is 1. The van der Waals surface area contributed by atoms with E-state index in [0.717, 1.165) is 20.9 Å². The minimum Gasteiger partial charge on any atom is -0.356 e. The van der Waals surface area contributed by atoms with Gasteiger partial charge in [-0.25, -0.2) is 0 Å². The van der Waals surface area contributed by atoms with Crippen LogP contribution in [-0.2, 0) is 9.59 Å². The lowest BCUT2D eigenvalue weighted by atomic mass is 10.1. The van der Waals surface area contributed by atoms with Gasteiger partial charge < -0.3 is 9.88 Å². The molecule has 1 aromatic heterocycles. The number of carbonyl (C=O) groups excluding carboxylic acids is 3. The van der Waals surface area contributed by atoms with Crippen LogP contribution in [0.15, 0.2) is 59.2 Å². The lowest BCUT2D eigenvalue weighted by Crippen LogP contribution is -2.45. The zero-order valence-corrected chi connectivity index (χ0v) is 16.3. The van der Waals surface area contributed by atoms with Crippen molar-refractivity contribution in [3.05, 3.63) is 64.9 Å². The molecule has 0 radical (unpaired) electrons. The number of nitrogens with zero attached hydrogens (tertiary/aromatic N) is 1. The van der Waals surface area contributed by atoms with Crippen LogP contribution in [0, 0.1) is 5.92 Å². The zero-order valence-electron chi connectivity index (χ0n) is 14.7. The van der Waals surface area contributed by atoms with E-state index in [9.17, 15) is 14.4 Å². The summed E-state index contributed by atoms with van der Waals surface area (Å²) >= 11 is 3.25. The minimum atomic E-state index is -0.540. The Morgan fingerprint density at radius 3 is 2.68 bits per heavy atom. The number of amides is 3. The maximum absolute atomic E-state index is 12.5. The molecular formula is C20H17BrN4O3. The second-order valence-corrected chi connectivity index (χ2v) is 7.49. The fourth-order valence-electron chi connectivity index (χ4n) is 3.35. The SMILES string of the molecule is O=C(NNC(=O)C1CC(=O)N(c2cccc3ccccc23)C1)c1cc(Br)c[nH]1. The maximum Gasteiger partial charge on any atom is 0.286 e. The van der Waals surface area contributed by atoms with Crippen molar-refractivity contribution in [2.24, 2.45) is 5.92 Å². The first-order valence-corrected chi connectivity index (χ1v) is 9.54. The van der Waals surface area contributed by atoms with Crippen molar-refractivity contribution in [3.63, 3.8) is 0 Å². The summed E-state index contributed by atoms with van der Waals surface area (Å²) in [4.78, 5) is 41.4. The highest BCUT2D eigenvalue weighted by Gasteiger charge is 2.35. The number of nitrogens with one attached hydrogen (secondary N) is 3. The predicted molar refractivity (Wildman–Crippen MR) is 109 cm³/mol. The highest BCUT2D eigenvalue weighted by molar-refractivity contribution is 9.10. The third kappa shape index (κ3) is 3.50. The molecule has 3 N–H and O–H groups in total. The van der Waals surface area contributed by atoms with Gasteiger partial charge >= 0.3 is 0 Å². The van der Waals surface area contributed by atoms with Gasteiger partial charge in [0.15, 0.2) is 0 Å². The van der Waals surface area contributed by atoms with Crippen LogP contribution in [0.1, 0.15) is 16.9 Å². The molecule has 4 rings (SSSR count). The summed E-state index contributed by atoms with van der Waals surface area (Å²) in [5.74, 6) is -1.51. The molecule has 1 aliphatic heterocycles. The molecule has 142 valence electrons. The van der Waals surface area contributed by atoms with Crippen molar-refractivity contribution < 1.29 is 14.4 Å². The second-order valence-electron chi connectivity index (χ2n) is 6.58. The average molecular weight is 441 g/mol. The Morgan fingerprint density at radius 1 is 1.11 bits per heavy atom. The smallest absolute Gasteiger partial charge is 0.286 e. The first-order valence-electron chi connectivity index (χ1n) is 8.75. The van der Waals surface area contributed by atoms with Gasteiger partial charge in [0.2, 0.25) is 11.8 Å². The number of rotatable bonds is 3. The van der Waals surface area contributed by atoms with Crippen molar-refractivity contribution in [2.75, 3.05) is 11.4 Å². The lowest BCUT2D eigenvalue weighted by molar-refractivity contribution is -0.126. The Morgan fingerprint density at radius 2 is 1.89 bits per heavy atom. The molecular weight excluding hydrogens is 424 g/mol. The van der Waals surface area contributed by atoms with Gasteiger partial charge in [-0.05, 0) is 33.4 Å². The van der Waals surface area contributed by atoms with E-state index >= 15 is 0 Å². The summed E-state index contributed by atoms with van der Waals surface area (Å²) in [5, 5.41) is 2.00. The van der Waals surface area contributed by atoms with Gasteiger partial charge in [0, 0.05) is 29.0 Å². The molecule has 1 atom stereocenters. The highest BCUT2D eigenvalue weighted by atomic mass is 79.9. The normalized spacial score (nSPS) is 16.4. The number of halogens is 1. The quantitative estimate of drug-likeness (QED) is 0.546. The Kier molecular flexibility index (Phi) is 4.87. The largest absolute Gasteiger partial charge is 0.356 e. The molecule has 3 amide bonds. The zero-order chi connectivity index (χ0) is 19.7. The first-order chi connectivity index (χ1) is 13.5. The Bertz CT molecular complexity index is 1070. The van der Waals surface area contributed by atoms with Crippen molar-refractivity contribution in [3.8, 4) is 0 Å². The number of aromatic amines is 1. The van der Waals surface area contributed by atoms with E-state index in [1.54, 1.807) is 17.2 Å². The van der Waals surface area contributed by atoms with E-state index in [4.69, 9.17) is 0 Å². The van der Waals surface area contributed by atoms with Crippen LogP contribution in [0.25, 0.3) is 10.8 Å². The number of benzene rings is 2. The van der Waals surface area contributed by atoms with Gasteiger partial charge in [-0.3, -0.25) is 25.2 Å². The number of aromatic nitrogens is 1. The van der Waals surface area contributed by atoms with Crippen LogP contribution in [0.4, 0.5) is 5.69 Å². The van der Waals surface area contributed by atoms with Crippen LogP contribution in [-0.4, -0.2) is 29.3 Å². The number of H-pyrrole nitrogens is 1. The van der Waals surface area contributed by atoms with Gasteiger partial charge in [-0.15, -0.1) is 0 Å². The predicted octanol–water partition coefficient (Wildman–Crippen LogP) is 2.74. The van der Waals surface area contributed by atoms with Crippen molar-refractivity contribution in [1.29, 1.82) is 0 Å². The molecule has 0 saturated carbocycles. The van der Waals surface area contributed by atoms with E-state index in [-0.39, 0.29) is 18.9 Å². The fourth-order valence-corrected chi connectivity index (χ4v) is 3.69. The topological polar surface area (TPSA) is 94.3 Å². The van der Waals surface area contributed by atoms with E-state index in [1.165, 1.54) is 0 Å². The van der Waals surface area contributed by atoms with Crippen molar-refractivity contribution >= 4 is 50.1 Å². The van der Waals surface area contributed by atoms with Crippen LogP contribution in [0.3, 0.4) is 0 Å². The van der Waals surface area contributed by atoms with Gasteiger partial charge in [0.25, 0.3) is 5.91 Å². The van der Waals surface area contributed by atoms with E-state index in [0.29, 0.717) is 5.69 Å². The molecule has 0 bridgehead atoms. The van der Waals surface area contributed by atoms with Gasteiger partial charge in [-0.1, -0.05) is 36.4 Å². The molecule has 1 saturated heterocycles. The summed E-state index contributed by atoms with van der Waals surface area (Å²) in [6, 6.07) is 15.2. The fraction of sp³-hybridized carbons (Fsp3) is 0.150. The van der Waals surface area contributed by atoms with Crippen LogP contribution in [0.2, 0.25) is 0 Å². The molecule has 7 nitrogen and oxygen atoms in total. The van der Waals surface area contributed by atoms with Gasteiger partial charge in [-0.2, -0.15) is 0 Å². The molecule has 2 aromatic carbocycles. The number of fused-ring (bicyclic) bond motifs is 1. The van der Waals surface area contributed by atoms with Crippen molar-refractivity contribution in [1.82, 2.24) is 15.8 Å². The molecule has 1 aliphatic rings. The van der Waals surface area contributed by atoms with Crippen LogP contribution >= 0.6 is 15.9 Å². The number of carbonyl (C=O) groups is 3. The van der Waals surface area contributed by atoms with E-state index in [2.05, 4.69) is 31.8 Å².